The molecule has 2 aromatic carbocycles. The van der Waals surface area contributed by atoms with Gasteiger partial charge in [0.15, 0.2) is 0 Å². The quantitative estimate of drug-likeness (QED) is 0.435. The summed E-state index contributed by atoms with van der Waals surface area (Å²) in [6, 6.07) is 4.79. The molecular formula is C20H12F10N2O2S. The van der Waals surface area contributed by atoms with Crippen LogP contribution >= 0.6 is 11.8 Å². The number of fused-ring (bicyclic) bond motifs is 1. The van der Waals surface area contributed by atoms with E-state index in [0.717, 1.165) is 36.0 Å². The summed E-state index contributed by atoms with van der Waals surface area (Å²) in [6.45, 7) is 0. The van der Waals surface area contributed by atoms with Crippen molar-refractivity contribution in [2.75, 3.05) is 10.6 Å². The second-order valence-electron chi connectivity index (χ2n) is 7.28. The van der Waals surface area contributed by atoms with Gasteiger partial charge in [-0.1, -0.05) is 12.1 Å². The molecule has 1 aliphatic heterocycles. The Morgan fingerprint density at radius 1 is 0.914 bits per heavy atom. The highest BCUT2D eigenvalue weighted by molar-refractivity contribution is 8.01. The van der Waals surface area contributed by atoms with Crippen LogP contribution in [0.4, 0.5) is 55.3 Å². The molecule has 0 aromatic heterocycles. The van der Waals surface area contributed by atoms with E-state index >= 15 is 0 Å². The Morgan fingerprint density at radius 2 is 1.57 bits per heavy atom. The first-order valence-electron chi connectivity index (χ1n) is 9.35. The van der Waals surface area contributed by atoms with E-state index < -0.39 is 64.5 Å². The Balaban J connectivity index is 1.72. The Morgan fingerprint density at radius 3 is 2.17 bits per heavy atom. The van der Waals surface area contributed by atoms with Crippen molar-refractivity contribution in [1.29, 1.82) is 0 Å². The molecule has 0 unspecified atom stereocenters. The summed E-state index contributed by atoms with van der Waals surface area (Å²) < 4.78 is 130. The Hall–Kier alpha value is -2.97. The highest BCUT2D eigenvalue weighted by Gasteiger charge is 2.73. The third-order valence-corrected chi connectivity index (χ3v) is 6.03. The van der Waals surface area contributed by atoms with E-state index in [0.29, 0.717) is 12.1 Å². The number of alkyl halides is 10. The zero-order valence-corrected chi connectivity index (χ0v) is 17.6. The summed E-state index contributed by atoms with van der Waals surface area (Å²) in [6.07, 6.45) is -11.8. The number of rotatable bonds is 5. The van der Waals surface area contributed by atoms with E-state index in [9.17, 15) is 53.5 Å². The maximum atomic E-state index is 13.9. The summed E-state index contributed by atoms with van der Waals surface area (Å²) in [5.41, 5.74) is -3.40. The number of halogens is 10. The number of carbonyl (C=O) groups is 2. The number of hydrogen-bond donors (Lipinski definition) is 2. The fourth-order valence-electron chi connectivity index (χ4n) is 2.99. The normalized spacial score (nSPS) is 17.0. The maximum Gasteiger partial charge on any atom is 0.460 e. The number of benzene rings is 2. The number of amides is 2. The van der Waals surface area contributed by atoms with E-state index in [-0.39, 0.29) is 16.6 Å². The average Bonchev–Trinajstić information content (AvgIpc) is 2.72. The van der Waals surface area contributed by atoms with Crippen LogP contribution in [0, 0.1) is 0 Å². The highest BCUT2D eigenvalue weighted by atomic mass is 32.2. The van der Waals surface area contributed by atoms with Gasteiger partial charge in [0.05, 0.1) is 16.5 Å². The van der Waals surface area contributed by atoms with Crippen molar-refractivity contribution in [3.05, 3.63) is 53.6 Å². The fraction of sp³-hybridized carbons (Fsp3) is 0.300. The highest BCUT2D eigenvalue weighted by Crippen LogP contribution is 2.52. The number of anilines is 2. The van der Waals surface area contributed by atoms with E-state index in [2.05, 4.69) is 5.32 Å². The minimum absolute atomic E-state index is 0.132. The Kier molecular flexibility index (Phi) is 6.78. The van der Waals surface area contributed by atoms with Crippen molar-refractivity contribution >= 4 is 35.0 Å². The molecule has 15 heteroatoms. The molecular weight excluding hydrogens is 522 g/mol. The molecule has 0 saturated carbocycles. The molecule has 1 aliphatic rings. The fourth-order valence-corrected chi connectivity index (χ4v) is 4.08. The van der Waals surface area contributed by atoms with Crippen LogP contribution in [0.5, 0.6) is 0 Å². The lowest BCUT2D eigenvalue weighted by Gasteiger charge is -2.28. The average molecular weight is 534 g/mol. The van der Waals surface area contributed by atoms with Gasteiger partial charge >= 0.3 is 24.2 Å². The van der Waals surface area contributed by atoms with Crippen LogP contribution in [-0.4, -0.2) is 29.2 Å². The molecule has 3 rings (SSSR count). The van der Waals surface area contributed by atoms with Crippen LogP contribution in [-0.2, 0) is 21.7 Å². The molecule has 190 valence electrons. The predicted molar refractivity (Wildman–Crippen MR) is 104 cm³/mol. The maximum absolute atomic E-state index is 13.9. The topological polar surface area (TPSA) is 58.2 Å². The van der Waals surface area contributed by atoms with Crippen molar-refractivity contribution < 1.29 is 53.5 Å². The molecule has 1 heterocycles. The third-order valence-electron chi connectivity index (χ3n) is 4.76. The first-order valence-corrected chi connectivity index (χ1v) is 10.2. The summed E-state index contributed by atoms with van der Waals surface area (Å²) in [5.74, 6) is -13.9. The molecule has 0 bridgehead atoms. The summed E-state index contributed by atoms with van der Waals surface area (Å²) in [7, 11) is 0. The molecule has 2 aromatic rings. The number of thioether (sulfide) groups is 1. The third kappa shape index (κ3) is 5.33. The van der Waals surface area contributed by atoms with Gasteiger partial charge in [-0.05, 0) is 30.3 Å². The van der Waals surface area contributed by atoms with Gasteiger partial charge in [-0.2, -0.15) is 43.9 Å². The van der Waals surface area contributed by atoms with Crippen LogP contribution in [0.15, 0.2) is 47.4 Å². The van der Waals surface area contributed by atoms with Crippen molar-refractivity contribution in [2.24, 2.45) is 0 Å². The lowest BCUT2D eigenvalue weighted by Crippen LogP contribution is -2.50. The molecule has 0 fully saturated rings. The number of nitrogens with one attached hydrogen (secondary N) is 2. The minimum Gasteiger partial charge on any atom is -0.326 e. The lowest BCUT2D eigenvalue weighted by molar-refractivity contribution is -0.359. The van der Waals surface area contributed by atoms with Crippen molar-refractivity contribution in [2.45, 2.75) is 40.8 Å². The van der Waals surface area contributed by atoms with Crippen LogP contribution in [0.3, 0.4) is 0 Å². The van der Waals surface area contributed by atoms with Crippen LogP contribution in [0.1, 0.15) is 17.5 Å². The smallest absolute Gasteiger partial charge is 0.326 e. The molecule has 0 radical (unpaired) electrons. The second-order valence-corrected chi connectivity index (χ2v) is 8.53. The lowest BCUT2D eigenvalue weighted by atomic mass is 10.0. The van der Waals surface area contributed by atoms with Gasteiger partial charge in [0.2, 0.25) is 11.8 Å². The minimum atomic E-state index is -6.54. The Labute approximate surface area is 194 Å². The largest absolute Gasteiger partial charge is 0.460 e. The van der Waals surface area contributed by atoms with Gasteiger partial charge in [0.1, 0.15) is 0 Å². The molecule has 35 heavy (non-hydrogen) atoms. The summed E-state index contributed by atoms with van der Waals surface area (Å²) in [4.78, 5) is 24.7. The first kappa shape index (κ1) is 26.6. The molecule has 1 atom stereocenters. The van der Waals surface area contributed by atoms with Crippen molar-refractivity contribution in [3.8, 4) is 0 Å². The van der Waals surface area contributed by atoms with E-state index in [1.54, 1.807) is 0 Å². The van der Waals surface area contributed by atoms with E-state index in [4.69, 9.17) is 0 Å². The standard InChI is InChI=1S/C20H12F10N2O2S/c21-17(22,19(26,27)20(28,29)30)9-2-1-3-11(6-9)31-15(33)8-14-16(34)32-12-7-10(18(23,24)25)4-5-13(12)35-14/h1-7,14H,8H2,(H,31,33)(H,32,34)/t14-/m1/s1. The van der Waals surface area contributed by atoms with Crippen LogP contribution in [0.25, 0.3) is 0 Å². The summed E-state index contributed by atoms with van der Waals surface area (Å²) >= 11 is 0.752. The number of hydrogen-bond acceptors (Lipinski definition) is 3. The first-order chi connectivity index (χ1) is 15.9. The molecule has 0 saturated heterocycles. The van der Waals surface area contributed by atoms with Gasteiger partial charge in [-0.25, -0.2) is 0 Å². The number of carbonyl (C=O) groups excluding carboxylic acids is 2. The molecule has 2 N–H and O–H groups in total. The predicted octanol–water partition coefficient (Wildman–Crippen LogP) is 6.44. The van der Waals surface area contributed by atoms with Gasteiger partial charge in [0.25, 0.3) is 0 Å². The van der Waals surface area contributed by atoms with Gasteiger partial charge in [0, 0.05) is 22.6 Å². The molecule has 0 aliphatic carbocycles. The van der Waals surface area contributed by atoms with E-state index in [1.165, 1.54) is 0 Å². The van der Waals surface area contributed by atoms with Crippen molar-refractivity contribution in [1.82, 2.24) is 0 Å². The SMILES string of the molecule is O=C(C[C@H]1Sc2ccc(C(F)(F)F)cc2NC1=O)Nc1cccc(C(F)(F)C(F)(F)C(F)(F)F)c1. The zero-order valence-electron chi connectivity index (χ0n) is 16.8. The van der Waals surface area contributed by atoms with Gasteiger partial charge in [-0.3, -0.25) is 9.59 Å². The molecule has 2 amide bonds. The van der Waals surface area contributed by atoms with Gasteiger partial charge in [-0.15, -0.1) is 11.8 Å². The van der Waals surface area contributed by atoms with Crippen LogP contribution < -0.4 is 10.6 Å². The second kappa shape index (κ2) is 8.91. The molecule has 0 spiro atoms. The van der Waals surface area contributed by atoms with Gasteiger partial charge < -0.3 is 10.6 Å². The molecule has 4 nitrogen and oxygen atoms in total. The zero-order chi connectivity index (χ0) is 26.4. The van der Waals surface area contributed by atoms with Crippen LogP contribution in [0.2, 0.25) is 0 Å². The monoisotopic (exact) mass is 534 g/mol. The van der Waals surface area contributed by atoms with Crippen molar-refractivity contribution in [3.63, 3.8) is 0 Å². The Bertz CT molecular complexity index is 1150. The summed E-state index contributed by atoms with van der Waals surface area (Å²) in [5, 5.41) is 3.09. The van der Waals surface area contributed by atoms with E-state index in [1.807, 2.05) is 5.32 Å².